The fourth-order valence-corrected chi connectivity index (χ4v) is 2.48. The smallest absolute Gasteiger partial charge is 0.227 e. The Morgan fingerprint density at radius 2 is 1.73 bits per heavy atom. The molecule has 22 heavy (non-hydrogen) atoms. The molecule has 0 fully saturated rings. The summed E-state index contributed by atoms with van der Waals surface area (Å²) in [5, 5.41) is 3.39. The average Bonchev–Trinajstić information content (AvgIpc) is 2.46. The van der Waals surface area contributed by atoms with Gasteiger partial charge in [-0.1, -0.05) is 26.0 Å². The number of aryl methyl sites for hydroxylation is 2. The van der Waals surface area contributed by atoms with E-state index in [1.165, 1.54) is 5.56 Å². The molecule has 4 nitrogen and oxygen atoms in total. The summed E-state index contributed by atoms with van der Waals surface area (Å²) >= 11 is 0. The van der Waals surface area contributed by atoms with E-state index in [1.807, 2.05) is 19.1 Å². The first-order valence-corrected chi connectivity index (χ1v) is 8.06. The van der Waals surface area contributed by atoms with Gasteiger partial charge in [0.25, 0.3) is 0 Å². The van der Waals surface area contributed by atoms with Gasteiger partial charge < -0.3 is 10.2 Å². The second-order valence-corrected chi connectivity index (χ2v) is 5.68. The molecule has 2 aromatic rings. The van der Waals surface area contributed by atoms with Gasteiger partial charge in [-0.25, -0.2) is 4.98 Å². The van der Waals surface area contributed by atoms with Gasteiger partial charge in [0.1, 0.15) is 5.82 Å². The maximum Gasteiger partial charge on any atom is 0.227 e. The van der Waals surface area contributed by atoms with Crippen LogP contribution in [0.1, 0.15) is 37.9 Å². The average molecular weight is 298 g/mol. The fourth-order valence-electron chi connectivity index (χ4n) is 2.48. The number of hydrogen-bond donors (Lipinski definition) is 1. The van der Waals surface area contributed by atoms with Crippen molar-refractivity contribution in [2.45, 2.75) is 40.5 Å². The van der Waals surface area contributed by atoms with E-state index in [9.17, 15) is 0 Å². The first-order valence-electron chi connectivity index (χ1n) is 8.06. The Hall–Kier alpha value is -2.10. The predicted molar refractivity (Wildman–Crippen MR) is 94.0 cm³/mol. The molecule has 0 atom stereocenters. The van der Waals surface area contributed by atoms with Crippen molar-refractivity contribution in [2.75, 3.05) is 23.3 Å². The molecule has 0 unspecified atom stereocenters. The molecule has 1 heterocycles. The van der Waals surface area contributed by atoms with Crippen LogP contribution in [0.2, 0.25) is 0 Å². The van der Waals surface area contributed by atoms with Crippen molar-refractivity contribution in [3.05, 3.63) is 41.6 Å². The molecule has 0 aliphatic rings. The van der Waals surface area contributed by atoms with Gasteiger partial charge >= 0.3 is 0 Å². The van der Waals surface area contributed by atoms with Gasteiger partial charge in [0.15, 0.2) is 0 Å². The second kappa shape index (κ2) is 7.78. The van der Waals surface area contributed by atoms with Crippen LogP contribution < -0.4 is 10.2 Å². The van der Waals surface area contributed by atoms with Crippen LogP contribution in [-0.4, -0.2) is 23.1 Å². The minimum absolute atomic E-state index is 0.818. The molecule has 0 aliphatic heterocycles. The van der Waals surface area contributed by atoms with Crippen molar-refractivity contribution >= 4 is 17.5 Å². The van der Waals surface area contributed by atoms with Gasteiger partial charge in [0.2, 0.25) is 5.95 Å². The number of hydrogen-bond acceptors (Lipinski definition) is 4. The number of nitrogens with zero attached hydrogens (tertiary/aromatic N) is 3. The molecule has 1 N–H and O–H groups in total. The van der Waals surface area contributed by atoms with E-state index in [2.05, 4.69) is 54.2 Å². The van der Waals surface area contributed by atoms with Crippen molar-refractivity contribution in [1.82, 2.24) is 9.97 Å². The normalized spacial score (nSPS) is 10.5. The summed E-state index contributed by atoms with van der Waals surface area (Å²) in [4.78, 5) is 11.6. The van der Waals surface area contributed by atoms with E-state index >= 15 is 0 Å². The summed E-state index contributed by atoms with van der Waals surface area (Å²) in [6, 6.07) is 10.3. The number of aromatic nitrogens is 2. The lowest BCUT2D eigenvalue weighted by Gasteiger charge is -2.22. The highest BCUT2D eigenvalue weighted by Crippen LogP contribution is 2.19. The van der Waals surface area contributed by atoms with E-state index < -0.39 is 0 Å². The van der Waals surface area contributed by atoms with E-state index in [1.54, 1.807) is 0 Å². The minimum atomic E-state index is 0.818. The monoisotopic (exact) mass is 298 g/mol. The Labute approximate surface area is 133 Å². The van der Waals surface area contributed by atoms with Crippen LogP contribution in [0.4, 0.5) is 17.5 Å². The first-order chi connectivity index (χ1) is 10.6. The zero-order chi connectivity index (χ0) is 15.9. The predicted octanol–water partition coefficient (Wildman–Crippen LogP) is 4.46. The SMILES string of the molecule is CCCN(CCC)c1nc(C)cc(Nc2cccc(C)c2)n1. The van der Waals surface area contributed by atoms with Crippen molar-refractivity contribution in [2.24, 2.45) is 0 Å². The maximum absolute atomic E-state index is 4.70. The topological polar surface area (TPSA) is 41.1 Å². The summed E-state index contributed by atoms with van der Waals surface area (Å²) in [5.74, 6) is 1.67. The first kappa shape index (κ1) is 16.3. The van der Waals surface area contributed by atoms with Gasteiger partial charge in [-0.2, -0.15) is 4.98 Å². The zero-order valence-corrected chi connectivity index (χ0v) is 14.1. The van der Waals surface area contributed by atoms with Gasteiger partial charge in [0, 0.05) is 30.5 Å². The van der Waals surface area contributed by atoms with Crippen molar-refractivity contribution in [1.29, 1.82) is 0 Å². The summed E-state index contributed by atoms with van der Waals surface area (Å²) in [6.07, 6.45) is 2.19. The number of nitrogens with one attached hydrogen (secondary N) is 1. The molecule has 0 saturated heterocycles. The van der Waals surface area contributed by atoms with Crippen LogP contribution in [0.5, 0.6) is 0 Å². The van der Waals surface area contributed by atoms with Crippen molar-refractivity contribution in [3.8, 4) is 0 Å². The van der Waals surface area contributed by atoms with E-state index in [-0.39, 0.29) is 0 Å². The van der Waals surface area contributed by atoms with E-state index in [4.69, 9.17) is 4.98 Å². The molecule has 0 saturated carbocycles. The van der Waals surface area contributed by atoms with Gasteiger partial charge in [-0.15, -0.1) is 0 Å². The molecule has 4 heteroatoms. The third-order valence-electron chi connectivity index (χ3n) is 3.40. The Morgan fingerprint density at radius 3 is 2.36 bits per heavy atom. The zero-order valence-electron chi connectivity index (χ0n) is 14.1. The summed E-state index contributed by atoms with van der Waals surface area (Å²) in [6.45, 7) is 10.5. The molecule has 0 spiro atoms. The summed E-state index contributed by atoms with van der Waals surface area (Å²) in [5.41, 5.74) is 3.27. The van der Waals surface area contributed by atoms with Crippen molar-refractivity contribution in [3.63, 3.8) is 0 Å². The van der Waals surface area contributed by atoms with E-state index in [0.717, 1.165) is 49.1 Å². The third kappa shape index (κ3) is 4.45. The number of benzene rings is 1. The van der Waals surface area contributed by atoms with Crippen LogP contribution in [0.15, 0.2) is 30.3 Å². The molecular formula is C18H26N4. The Kier molecular flexibility index (Phi) is 5.75. The lowest BCUT2D eigenvalue weighted by molar-refractivity contribution is 0.720. The molecular weight excluding hydrogens is 272 g/mol. The Bertz CT molecular complexity index is 604. The Balaban J connectivity index is 2.25. The quantitative estimate of drug-likeness (QED) is 0.819. The molecule has 0 radical (unpaired) electrons. The summed E-state index contributed by atoms with van der Waals surface area (Å²) in [7, 11) is 0. The van der Waals surface area contributed by atoms with E-state index in [0.29, 0.717) is 0 Å². The molecule has 1 aromatic heterocycles. The third-order valence-corrected chi connectivity index (χ3v) is 3.40. The Morgan fingerprint density at radius 1 is 1.00 bits per heavy atom. The fraction of sp³-hybridized carbons (Fsp3) is 0.444. The van der Waals surface area contributed by atoms with Gasteiger partial charge in [0.05, 0.1) is 0 Å². The lowest BCUT2D eigenvalue weighted by Crippen LogP contribution is -2.27. The molecule has 0 amide bonds. The van der Waals surface area contributed by atoms with Crippen LogP contribution in [0.3, 0.4) is 0 Å². The molecule has 0 bridgehead atoms. The molecule has 2 rings (SSSR count). The molecule has 118 valence electrons. The largest absolute Gasteiger partial charge is 0.341 e. The van der Waals surface area contributed by atoms with Crippen LogP contribution >= 0.6 is 0 Å². The van der Waals surface area contributed by atoms with Crippen LogP contribution in [-0.2, 0) is 0 Å². The van der Waals surface area contributed by atoms with Crippen LogP contribution in [0.25, 0.3) is 0 Å². The highest BCUT2D eigenvalue weighted by atomic mass is 15.3. The standard InChI is InChI=1S/C18H26N4/c1-5-10-22(11-6-2)18-19-15(4)13-17(21-18)20-16-9-7-8-14(3)12-16/h7-9,12-13H,5-6,10-11H2,1-4H3,(H,19,20,21). The lowest BCUT2D eigenvalue weighted by atomic mass is 10.2. The minimum Gasteiger partial charge on any atom is -0.341 e. The highest BCUT2D eigenvalue weighted by Gasteiger charge is 2.10. The van der Waals surface area contributed by atoms with Crippen molar-refractivity contribution < 1.29 is 0 Å². The molecule has 1 aromatic carbocycles. The number of anilines is 3. The maximum atomic E-state index is 4.70. The van der Waals surface area contributed by atoms with Gasteiger partial charge in [-0.05, 0) is 44.4 Å². The summed E-state index contributed by atoms with van der Waals surface area (Å²) < 4.78 is 0. The number of rotatable bonds is 7. The van der Waals surface area contributed by atoms with Crippen LogP contribution in [0, 0.1) is 13.8 Å². The molecule has 0 aliphatic carbocycles. The second-order valence-electron chi connectivity index (χ2n) is 5.68. The highest BCUT2D eigenvalue weighted by molar-refractivity contribution is 5.58. The van der Waals surface area contributed by atoms with Gasteiger partial charge in [-0.3, -0.25) is 0 Å².